The highest BCUT2D eigenvalue weighted by atomic mass is 19.1. The third-order valence-corrected chi connectivity index (χ3v) is 4.56. The highest BCUT2D eigenvalue weighted by Gasteiger charge is 2.51. The minimum atomic E-state index is -1.35. The molecule has 2 N–H and O–H groups in total. The number of benzene rings is 1. The number of imide groups is 1. The molecule has 1 fully saturated rings. The van der Waals surface area contributed by atoms with Crippen LogP contribution in [0.5, 0.6) is 0 Å². The van der Waals surface area contributed by atoms with Gasteiger partial charge in [-0.1, -0.05) is 12.1 Å². The van der Waals surface area contributed by atoms with Crippen molar-refractivity contribution in [2.45, 2.75) is 32.4 Å². The summed E-state index contributed by atoms with van der Waals surface area (Å²) in [4.78, 5) is 38.1. The molecule has 2 aromatic rings. The van der Waals surface area contributed by atoms with Gasteiger partial charge in [-0.15, -0.1) is 0 Å². The molecule has 3 rings (SSSR count). The Labute approximate surface area is 155 Å². The van der Waals surface area contributed by atoms with Gasteiger partial charge >= 0.3 is 6.03 Å². The summed E-state index contributed by atoms with van der Waals surface area (Å²) in [7, 11) is 0. The maximum atomic E-state index is 13.0. The summed E-state index contributed by atoms with van der Waals surface area (Å²) in [6.45, 7) is 4.57. The maximum Gasteiger partial charge on any atom is 0.325 e. The first-order chi connectivity index (χ1) is 12.7. The zero-order valence-electron chi connectivity index (χ0n) is 15.2. The van der Waals surface area contributed by atoms with E-state index in [1.807, 2.05) is 0 Å². The SMILES string of the molecule is Cc1ccc([C@]2(C)NC(=O)N(CC(=O)N[C@H](C)c3ccc(F)cc3)C2=O)o1. The Morgan fingerprint density at radius 3 is 2.52 bits per heavy atom. The van der Waals surface area contributed by atoms with Gasteiger partial charge in [0.1, 0.15) is 23.9 Å². The second-order valence-electron chi connectivity index (χ2n) is 6.70. The smallest absolute Gasteiger partial charge is 0.325 e. The number of nitrogens with one attached hydrogen (secondary N) is 2. The van der Waals surface area contributed by atoms with Crippen molar-refractivity contribution < 1.29 is 23.2 Å². The summed E-state index contributed by atoms with van der Waals surface area (Å²) in [6, 6.07) is 7.96. The fraction of sp³-hybridized carbons (Fsp3) is 0.316. The topological polar surface area (TPSA) is 91.7 Å². The first-order valence-corrected chi connectivity index (χ1v) is 8.46. The van der Waals surface area contributed by atoms with Crippen molar-refractivity contribution >= 4 is 17.8 Å². The van der Waals surface area contributed by atoms with Gasteiger partial charge in [-0.3, -0.25) is 14.5 Å². The molecule has 1 saturated heterocycles. The van der Waals surface area contributed by atoms with Crippen LogP contribution in [-0.4, -0.2) is 29.3 Å². The van der Waals surface area contributed by atoms with E-state index in [1.54, 1.807) is 38.1 Å². The number of furan rings is 1. The van der Waals surface area contributed by atoms with Crippen LogP contribution < -0.4 is 10.6 Å². The van der Waals surface area contributed by atoms with E-state index < -0.39 is 36.0 Å². The Morgan fingerprint density at radius 2 is 1.93 bits per heavy atom. The van der Waals surface area contributed by atoms with Crippen molar-refractivity contribution in [2.24, 2.45) is 0 Å². The second-order valence-corrected chi connectivity index (χ2v) is 6.70. The van der Waals surface area contributed by atoms with Crippen LogP contribution in [0.2, 0.25) is 0 Å². The molecule has 2 heterocycles. The van der Waals surface area contributed by atoms with E-state index in [0.29, 0.717) is 17.1 Å². The lowest BCUT2D eigenvalue weighted by molar-refractivity contribution is -0.135. The number of hydrogen-bond donors (Lipinski definition) is 2. The summed E-state index contributed by atoms with van der Waals surface area (Å²) in [5, 5.41) is 5.27. The van der Waals surface area contributed by atoms with E-state index in [1.165, 1.54) is 19.1 Å². The van der Waals surface area contributed by atoms with Gasteiger partial charge in [0.25, 0.3) is 5.91 Å². The Balaban J connectivity index is 1.68. The van der Waals surface area contributed by atoms with Crippen molar-refractivity contribution in [1.29, 1.82) is 0 Å². The van der Waals surface area contributed by atoms with Crippen LogP contribution in [0, 0.1) is 12.7 Å². The molecule has 2 atom stereocenters. The quantitative estimate of drug-likeness (QED) is 0.787. The van der Waals surface area contributed by atoms with E-state index in [2.05, 4.69) is 10.6 Å². The van der Waals surface area contributed by atoms with Gasteiger partial charge in [-0.05, 0) is 50.6 Å². The molecule has 0 bridgehead atoms. The molecule has 1 aliphatic heterocycles. The van der Waals surface area contributed by atoms with Gasteiger partial charge in [0.05, 0.1) is 6.04 Å². The molecule has 1 aromatic carbocycles. The standard InChI is InChI=1S/C19H20FN3O4/c1-11-4-9-15(27-11)19(3)17(25)23(18(26)22-19)10-16(24)21-12(2)13-5-7-14(20)8-6-13/h4-9,12H,10H2,1-3H3,(H,21,24)(H,22,26)/t12-,19+/m1/s1. The number of urea groups is 1. The molecule has 0 unspecified atom stereocenters. The summed E-state index contributed by atoms with van der Waals surface area (Å²) in [6.07, 6.45) is 0. The van der Waals surface area contributed by atoms with E-state index in [9.17, 15) is 18.8 Å². The predicted molar refractivity (Wildman–Crippen MR) is 94.0 cm³/mol. The third kappa shape index (κ3) is 3.55. The molecule has 0 radical (unpaired) electrons. The summed E-state index contributed by atoms with van der Waals surface area (Å²) in [5.74, 6) is -0.524. The van der Waals surface area contributed by atoms with Crippen LogP contribution in [0.3, 0.4) is 0 Å². The van der Waals surface area contributed by atoms with Crippen molar-refractivity contribution in [3.05, 3.63) is 59.3 Å². The number of aryl methyl sites for hydroxylation is 1. The van der Waals surface area contributed by atoms with Crippen molar-refractivity contribution in [3.63, 3.8) is 0 Å². The van der Waals surface area contributed by atoms with Gasteiger partial charge in [0, 0.05) is 0 Å². The number of hydrogen-bond acceptors (Lipinski definition) is 4. The van der Waals surface area contributed by atoms with Gasteiger partial charge in [0.15, 0.2) is 5.54 Å². The predicted octanol–water partition coefficient (Wildman–Crippen LogP) is 2.37. The Morgan fingerprint density at radius 1 is 1.26 bits per heavy atom. The summed E-state index contributed by atoms with van der Waals surface area (Å²) < 4.78 is 18.5. The van der Waals surface area contributed by atoms with Crippen LogP contribution in [0.25, 0.3) is 0 Å². The zero-order chi connectivity index (χ0) is 19.8. The highest BCUT2D eigenvalue weighted by molar-refractivity contribution is 6.08. The first-order valence-electron chi connectivity index (χ1n) is 8.46. The van der Waals surface area contributed by atoms with Crippen molar-refractivity contribution in [1.82, 2.24) is 15.5 Å². The van der Waals surface area contributed by atoms with Crippen LogP contribution in [0.4, 0.5) is 9.18 Å². The van der Waals surface area contributed by atoms with E-state index >= 15 is 0 Å². The average molecular weight is 373 g/mol. The maximum absolute atomic E-state index is 13.0. The summed E-state index contributed by atoms with van der Waals surface area (Å²) >= 11 is 0. The molecule has 7 nitrogen and oxygen atoms in total. The zero-order valence-corrected chi connectivity index (χ0v) is 15.2. The summed E-state index contributed by atoms with van der Waals surface area (Å²) in [5.41, 5.74) is -0.647. The Kier molecular flexibility index (Phi) is 4.73. The van der Waals surface area contributed by atoms with Gasteiger partial charge in [0.2, 0.25) is 5.91 Å². The molecule has 0 aliphatic carbocycles. The Hall–Kier alpha value is -3.16. The lowest BCUT2D eigenvalue weighted by Crippen LogP contribution is -2.43. The molecule has 142 valence electrons. The van der Waals surface area contributed by atoms with E-state index in [-0.39, 0.29) is 5.82 Å². The molecule has 0 spiro atoms. The lowest BCUT2D eigenvalue weighted by atomic mass is 9.99. The van der Waals surface area contributed by atoms with Gasteiger partial charge < -0.3 is 15.1 Å². The second kappa shape index (κ2) is 6.86. The molecule has 0 saturated carbocycles. The van der Waals surface area contributed by atoms with Gasteiger partial charge in [-0.2, -0.15) is 0 Å². The van der Waals surface area contributed by atoms with E-state index in [4.69, 9.17) is 4.42 Å². The van der Waals surface area contributed by atoms with E-state index in [0.717, 1.165) is 4.90 Å². The Bertz CT molecular complexity index is 893. The molecular weight excluding hydrogens is 353 g/mol. The van der Waals surface area contributed by atoms with Crippen LogP contribution in [0.1, 0.15) is 37.0 Å². The first kappa shape index (κ1) is 18.6. The van der Waals surface area contributed by atoms with Crippen molar-refractivity contribution in [2.75, 3.05) is 6.54 Å². The number of nitrogens with zero attached hydrogens (tertiary/aromatic N) is 1. The molecule has 1 aliphatic rings. The average Bonchev–Trinajstić information content (AvgIpc) is 3.14. The molecule has 1 aromatic heterocycles. The van der Waals surface area contributed by atoms with Gasteiger partial charge in [-0.25, -0.2) is 9.18 Å². The normalized spacial score (nSPS) is 20.5. The molecule has 27 heavy (non-hydrogen) atoms. The highest BCUT2D eigenvalue weighted by Crippen LogP contribution is 2.30. The number of carbonyl (C=O) groups is 3. The van der Waals surface area contributed by atoms with Crippen LogP contribution in [0.15, 0.2) is 40.8 Å². The largest absolute Gasteiger partial charge is 0.463 e. The fourth-order valence-corrected chi connectivity index (χ4v) is 2.98. The monoisotopic (exact) mass is 373 g/mol. The third-order valence-electron chi connectivity index (χ3n) is 4.56. The van der Waals surface area contributed by atoms with Crippen LogP contribution >= 0.6 is 0 Å². The molecule has 4 amide bonds. The number of carbonyl (C=O) groups excluding carboxylic acids is 3. The van der Waals surface area contributed by atoms with Crippen LogP contribution in [-0.2, 0) is 15.1 Å². The number of rotatable bonds is 5. The fourth-order valence-electron chi connectivity index (χ4n) is 2.98. The minimum Gasteiger partial charge on any atom is -0.463 e. The lowest BCUT2D eigenvalue weighted by Gasteiger charge is -2.20. The number of halogens is 1. The van der Waals surface area contributed by atoms with Crippen molar-refractivity contribution in [3.8, 4) is 0 Å². The molecule has 8 heteroatoms. The minimum absolute atomic E-state index is 0.306. The number of amides is 4. The molecular formula is C19H20FN3O4.